The van der Waals surface area contributed by atoms with E-state index in [-0.39, 0.29) is 10.7 Å². The van der Waals surface area contributed by atoms with Crippen LogP contribution in [0, 0.1) is 25.2 Å². The number of hydrogen-bond donors (Lipinski definition) is 1. The smallest absolute Gasteiger partial charge is 0.321 e. The Morgan fingerprint density at radius 3 is 2.48 bits per heavy atom. The molecule has 1 heterocycles. The van der Waals surface area contributed by atoms with Crippen LogP contribution in [-0.4, -0.2) is 37.9 Å². The minimum atomic E-state index is -3.93. The molecule has 0 spiro atoms. The number of hydrogen-bond acceptors (Lipinski definition) is 6. The number of aromatic nitrogens is 1. The van der Waals surface area contributed by atoms with Crippen molar-refractivity contribution in [3.63, 3.8) is 0 Å². The average molecular weight is 415 g/mol. The lowest BCUT2D eigenvalue weighted by atomic mass is 10.1. The number of ether oxygens (including phenoxy) is 1. The average Bonchev–Trinajstić information content (AvgIpc) is 3.49. The second-order valence-corrected chi connectivity index (χ2v) is 8.70. The summed E-state index contributed by atoms with van der Waals surface area (Å²) in [4.78, 5) is 24.2. The van der Waals surface area contributed by atoms with E-state index < -0.39 is 29.1 Å². The van der Waals surface area contributed by atoms with Crippen molar-refractivity contribution in [2.24, 2.45) is 0 Å². The van der Waals surface area contributed by atoms with Crippen LogP contribution in [0.15, 0.2) is 35.2 Å². The summed E-state index contributed by atoms with van der Waals surface area (Å²) < 4.78 is 33.5. The number of benzene rings is 1. The molecule has 1 aromatic carbocycles. The van der Waals surface area contributed by atoms with E-state index in [0.717, 1.165) is 24.2 Å². The largest absolute Gasteiger partial charge is 0.456 e. The quantitative estimate of drug-likeness (QED) is 0.520. The SMILES string of the molecule is Cc1cc(C(=O)COC(=O)CNS(=O)(=O)c2ccc(C#N)cc2)c(C)n1C1CC1. The number of Topliss-reactive ketones (excluding diaryl/α,β-unsaturated/α-hetero) is 1. The number of nitriles is 1. The first-order valence-corrected chi connectivity index (χ1v) is 10.6. The van der Waals surface area contributed by atoms with E-state index in [1.807, 2.05) is 19.9 Å². The Hall–Kier alpha value is -2.96. The number of sulfonamides is 1. The summed E-state index contributed by atoms with van der Waals surface area (Å²) in [5.41, 5.74) is 2.69. The maximum Gasteiger partial charge on any atom is 0.321 e. The van der Waals surface area contributed by atoms with Crippen LogP contribution in [0.4, 0.5) is 0 Å². The Bertz CT molecular complexity index is 1090. The van der Waals surface area contributed by atoms with Gasteiger partial charge in [0.1, 0.15) is 6.54 Å². The molecule has 3 rings (SSSR count). The molecule has 152 valence electrons. The predicted octanol–water partition coefficient (Wildman–Crippen LogP) is 2.02. The molecule has 9 heteroatoms. The van der Waals surface area contributed by atoms with Gasteiger partial charge in [-0.15, -0.1) is 0 Å². The zero-order valence-electron chi connectivity index (χ0n) is 16.1. The molecule has 0 bridgehead atoms. The molecular formula is C20H21N3O5S. The van der Waals surface area contributed by atoms with Gasteiger partial charge in [-0.25, -0.2) is 8.42 Å². The van der Waals surface area contributed by atoms with Crippen molar-refractivity contribution in [2.75, 3.05) is 13.2 Å². The van der Waals surface area contributed by atoms with Crippen LogP contribution < -0.4 is 4.72 Å². The second kappa shape index (κ2) is 8.19. The van der Waals surface area contributed by atoms with E-state index in [1.165, 1.54) is 24.3 Å². The molecule has 1 fully saturated rings. The topological polar surface area (TPSA) is 118 Å². The predicted molar refractivity (Wildman–Crippen MR) is 104 cm³/mol. The van der Waals surface area contributed by atoms with Crippen molar-refractivity contribution in [2.45, 2.75) is 37.6 Å². The van der Waals surface area contributed by atoms with E-state index in [1.54, 1.807) is 6.07 Å². The molecule has 0 radical (unpaired) electrons. The molecule has 2 aromatic rings. The Morgan fingerprint density at radius 1 is 1.24 bits per heavy atom. The molecule has 29 heavy (non-hydrogen) atoms. The third kappa shape index (κ3) is 4.72. The number of rotatable bonds is 8. The number of esters is 1. The number of aryl methyl sites for hydroxylation is 1. The maximum absolute atomic E-state index is 12.4. The van der Waals surface area contributed by atoms with Gasteiger partial charge in [-0.3, -0.25) is 9.59 Å². The van der Waals surface area contributed by atoms with E-state index in [2.05, 4.69) is 9.29 Å². The molecule has 1 aromatic heterocycles. The van der Waals surface area contributed by atoms with Crippen LogP contribution in [-0.2, 0) is 19.6 Å². The lowest BCUT2D eigenvalue weighted by Gasteiger charge is -2.08. The number of ketones is 1. The Labute approximate surface area is 169 Å². The summed E-state index contributed by atoms with van der Waals surface area (Å²) in [6.45, 7) is 2.75. The van der Waals surface area contributed by atoms with Gasteiger partial charge >= 0.3 is 5.97 Å². The minimum absolute atomic E-state index is 0.0760. The summed E-state index contributed by atoms with van der Waals surface area (Å²) in [5.74, 6) is -1.18. The molecule has 0 saturated heterocycles. The Morgan fingerprint density at radius 2 is 1.90 bits per heavy atom. The lowest BCUT2D eigenvalue weighted by Crippen LogP contribution is -2.31. The fourth-order valence-corrected chi connectivity index (χ4v) is 4.14. The van der Waals surface area contributed by atoms with E-state index in [4.69, 9.17) is 10.00 Å². The zero-order chi connectivity index (χ0) is 21.2. The van der Waals surface area contributed by atoms with Gasteiger partial charge in [0, 0.05) is 23.0 Å². The van der Waals surface area contributed by atoms with Crippen molar-refractivity contribution >= 4 is 21.8 Å². The fraction of sp³-hybridized carbons (Fsp3) is 0.350. The molecule has 1 aliphatic rings. The first-order valence-electron chi connectivity index (χ1n) is 9.10. The second-order valence-electron chi connectivity index (χ2n) is 6.93. The highest BCUT2D eigenvalue weighted by molar-refractivity contribution is 7.89. The first-order chi connectivity index (χ1) is 13.7. The highest BCUT2D eigenvalue weighted by atomic mass is 32.2. The lowest BCUT2D eigenvalue weighted by molar-refractivity contribution is -0.141. The van der Waals surface area contributed by atoms with Gasteiger partial charge < -0.3 is 9.30 Å². The third-order valence-corrected chi connectivity index (χ3v) is 6.18. The van der Waals surface area contributed by atoms with E-state index >= 15 is 0 Å². The normalized spacial score (nSPS) is 13.7. The molecule has 0 unspecified atom stereocenters. The van der Waals surface area contributed by atoms with Crippen LogP contribution >= 0.6 is 0 Å². The summed E-state index contributed by atoms with van der Waals surface area (Å²) in [5, 5.41) is 8.75. The number of nitrogens with zero attached hydrogens (tertiary/aromatic N) is 2. The molecule has 0 aliphatic heterocycles. The number of carbonyl (C=O) groups excluding carboxylic acids is 2. The van der Waals surface area contributed by atoms with Crippen molar-refractivity contribution < 1.29 is 22.7 Å². The molecule has 1 saturated carbocycles. The van der Waals surface area contributed by atoms with Crippen LogP contribution in [0.2, 0.25) is 0 Å². The minimum Gasteiger partial charge on any atom is -0.456 e. The fourth-order valence-electron chi connectivity index (χ4n) is 3.17. The molecule has 0 amide bonds. The zero-order valence-corrected chi connectivity index (χ0v) is 17.0. The van der Waals surface area contributed by atoms with Gasteiger partial charge in [-0.2, -0.15) is 9.98 Å². The van der Waals surface area contributed by atoms with Crippen LogP contribution in [0.3, 0.4) is 0 Å². The monoisotopic (exact) mass is 415 g/mol. The van der Waals surface area contributed by atoms with Gasteiger partial charge in [0.2, 0.25) is 15.8 Å². The summed E-state index contributed by atoms with van der Waals surface area (Å²) in [6.07, 6.45) is 2.19. The highest BCUT2D eigenvalue weighted by Crippen LogP contribution is 2.38. The van der Waals surface area contributed by atoms with Crippen molar-refractivity contribution in [1.29, 1.82) is 5.26 Å². The summed E-state index contributed by atoms with van der Waals surface area (Å²) >= 11 is 0. The van der Waals surface area contributed by atoms with Gasteiger partial charge in [0.25, 0.3) is 0 Å². The van der Waals surface area contributed by atoms with Crippen LogP contribution in [0.1, 0.15) is 46.2 Å². The van der Waals surface area contributed by atoms with Crippen molar-refractivity contribution in [1.82, 2.24) is 9.29 Å². The standard InChI is InChI=1S/C20H21N3O5S/c1-13-9-18(14(2)23(13)16-5-6-16)19(24)12-28-20(25)11-22-29(26,27)17-7-3-15(10-21)4-8-17/h3-4,7-9,16,22H,5-6,11-12H2,1-2H3. The van der Waals surface area contributed by atoms with Gasteiger partial charge in [-0.05, 0) is 57.0 Å². The summed E-state index contributed by atoms with van der Waals surface area (Å²) in [7, 11) is -3.93. The van der Waals surface area contributed by atoms with Gasteiger partial charge in [0.15, 0.2) is 6.61 Å². The number of carbonyl (C=O) groups is 2. The van der Waals surface area contributed by atoms with Crippen molar-refractivity contribution in [3.05, 3.63) is 52.8 Å². The Balaban J connectivity index is 1.54. The Kier molecular flexibility index (Phi) is 5.86. The first kappa shape index (κ1) is 20.8. The van der Waals surface area contributed by atoms with E-state index in [0.29, 0.717) is 17.2 Å². The molecule has 1 aliphatic carbocycles. The molecule has 1 N–H and O–H groups in total. The molecule has 0 atom stereocenters. The van der Waals surface area contributed by atoms with Gasteiger partial charge in [0.05, 0.1) is 16.5 Å². The highest BCUT2D eigenvalue weighted by Gasteiger charge is 2.28. The third-order valence-electron chi connectivity index (χ3n) is 4.76. The molecular weight excluding hydrogens is 394 g/mol. The van der Waals surface area contributed by atoms with E-state index in [9.17, 15) is 18.0 Å². The van der Waals surface area contributed by atoms with Crippen LogP contribution in [0.25, 0.3) is 0 Å². The summed E-state index contributed by atoms with van der Waals surface area (Å²) in [6, 6.07) is 9.39. The van der Waals surface area contributed by atoms with Gasteiger partial charge in [-0.1, -0.05) is 0 Å². The molecule has 8 nitrogen and oxygen atoms in total. The number of nitrogens with one attached hydrogen (secondary N) is 1. The van der Waals surface area contributed by atoms with Crippen LogP contribution in [0.5, 0.6) is 0 Å². The maximum atomic E-state index is 12.4. The van der Waals surface area contributed by atoms with Crippen molar-refractivity contribution in [3.8, 4) is 6.07 Å².